The summed E-state index contributed by atoms with van der Waals surface area (Å²) in [5.74, 6) is -0.149. The van der Waals surface area contributed by atoms with E-state index in [9.17, 15) is 9.90 Å². The lowest BCUT2D eigenvalue weighted by Gasteiger charge is -2.24. The third-order valence-electron chi connectivity index (χ3n) is 3.82. The molecule has 118 valence electrons. The van der Waals surface area contributed by atoms with E-state index in [1.807, 2.05) is 37.3 Å². The normalized spacial score (nSPS) is 15.1. The van der Waals surface area contributed by atoms with Crippen LogP contribution in [0, 0.1) is 13.8 Å². The summed E-state index contributed by atoms with van der Waals surface area (Å²) < 4.78 is 0. The van der Waals surface area contributed by atoms with Gasteiger partial charge in [0.2, 0.25) is 5.91 Å². The van der Waals surface area contributed by atoms with Gasteiger partial charge in [-0.3, -0.25) is 4.79 Å². The zero-order valence-electron chi connectivity index (χ0n) is 13.5. The van der Waals surface area contributed by atoms with Gasteiger partial charge in [-0.1, -0.05) is 30.3 Å². The van der Waals surface area contributed by atoms with Crippen LogP contribution < -0.4 is 5.32 Å². The van der Waals surface area contributed by atoms with Gasteiger partial charge in [0.05, 0.1) is 18.1 Å². The van der Waals surface area contributed by atoms with Crippen LogP contribution in [0.1, 0.15) is 47.2 Å². The zero-order valence-corrected chi connectivity index (χ0v) is 14.3. The first-order valence-corrected chi connectivity index (χ1v) is 8.25. The number of aryl methyl sites for hydroxylation is 2. The maximum Gasteiger partial charge on any atom is 0.223 e. The Bertz CT molecular complexity index is 646. The molecule has 2 unspecified atom stereocenters. The van der Waals surface area contributed by atoms with Crippen LogP contribution in [-0.2, 0) is 10.4 Å². The lowest BCUT2D eigenvalue weighted by Crippen LogP contribution is -2.34. The van der Waals surface area contributed by atoms with Crippen LogP contribution in [0.5, 0.6) is 0 Å². The monoisotopic (exact) mass is 317 g/mol. The van der Waals surface area contributed by atoms with Crippen molar-refractivity contribution in [1.29, 1.82) is 0 Å². The molecule has 0 aliphatic carbocycles. The average Bonchev–Trinajstić information content (AvgIpc) is 2.78. The Balaban J connectivity index is 2.02. The number of amides is 1. The minimum atomic E-state index is -1.16. The zero-order chi connectivity index (χ0) is 16.3. The van der Waals surface area contributed by atoms with Crippen molar-refractivity contribution in [3.63, 3.8) is 0 Å². The molecule has 2 rings (SSSR count). The molecule has 0 bridgehead atoms. The van der Waals surface area contributed by atoms with Crippen LogP contribution >= 0.6 is 11.3 Å². The molecule has 1 heterocycles. The van der Waals surface area contributed by atoms with Crippen LogP contribution in [0.2, 0.25) is 0 Å². The number of nitrogens with one attached hydrogen (secondary N) is 1. The van der Waals surface area contributed by atoms with Gasteiger partial charge in [-0.25, -0.2) is 0 Å². The van der Waals surface area contributed by atoms with E-state index < -0.39 is 5.60 Å². The number of thiophene rings is 1. The molecular formula is C18H23NO2S. The largest absolute Gasteiger partial charge is 0.385 e. The van der Waals surface area contributed by atoms with Crippen molar-refractivity contribution in [2.75, 3.05) is 0 Å². The predicted octanol–water partition coefficient (Wildman–Crippen LogP) is 3.84. The Labute approximate surface area is 136 Å². The highest BCUT2D eigenvalue weighted by molar-refractivity contribution is 7.12. The van der Waals surface area contributed by atoms with Crippen LogP contribution in [0.15, 0.2) is 36.4 Å². The molecule has 22 heavy (non-hydrogen) atoms. The standard InChI is InChI=1S/C18H23NO2S/c1-12-10-16(14(3)22-12)13(2)19-17(20)11-18(4,21)15-8-6-5-7-9-15/h5-10,13,21H,11H2,1-4H3,(H,19,20). The molecule has 0 radical (unpaired) electrons. The minimum Gasteiger partial charge on any atom is -0.385 e. The SMILES string of the molecule is Cc1cc(C(C)NC(=O)CC(C)(O)c2ccccc2)c(C)s1. The lowest BCUT2D eigenvalue weighted by atomic mass is 9.92. The number of rotatable bonds is 5. The van der Waals surface area contributed by atoms with E-state index in [2.05, 4.69) is 25.2 Å². The van der Waals surface area contributed by atoms with E-state index in [1.165, 1.54) is 9.75 Å². The number of carbonyl (C=O) groups excluding carboxylic acids is 1. The number of hydrogen-bond acceptors (Lipinski definition) is 3. The van der Waals surface area contributed by atoms with E-state index in [1.54, 1.807) is 18.3 Å². The smallest absolute Gasteiger partial charge is 0.223 e. The van der Waals surface area contributed by atoms with Gasteiger partial charge < -0.3 is 10.4 Å². The summed E-state index contributed by atoms with van der Waals surface area (Å²) in [6.07, 6.45) is 0.0452. The van der Waals surface area contributed by atoms with Gasteiger partial charge in [-0.15, -0.1) is 11.3 Å². The third kappa shape index (κ3) is 3.96. The van der Waals surface area contributed by atoms with Crippen molar-refractivity contribution < 1.29 is 9.90 Å². The third-order valence-corrected chi connectivity index (χ3v) is 4.81. The van der Waals surface area contributed by atoms with Gasteiger partial charge in [-0.05, 0) is 44.9 Å². The Morgan fingerprint density at radius 3 is 2.50 bits per heavy atom. The molecule has 0 fully saturated rings. The quantitative estimate of drug-likeness (QED) is 0.880. The van der Waals surface area contributed by atoms with Gasteiger partial charge in [0, 0.05) is 9.75 Å². The average molecular weight is 317 g/mol. The highest BCUT2D eigenvalue weighted by atomic mass is 32.1. The molecule has 4 heteroatoms. The van der Waals surface area contributed by atoms with Crippen molar-refractivity contribution in [2.24, 2.45) is 0 Å². The topological polar surface area (TPSA) is 49.3 Å². The summed E-state index contributed by atoms with van der Waals surface area (Å²) in [5, 5.41) is 13.5. The van der Waals surface area contributed by atoms with Crippen LogP contribution in [0.3, 0.4) is 0 Å². The van der Waals surface area contributed by atoms with Crippen molar-refractivity contribution in [3.05, 3.63) is 57.3 Å². The first-order valence-electron chi connectivity index (χ1n) is 7.44. The Hall–Kier alpha value is -1.65. The minimum absolute atomic E-state index is 0.0452. The summed E-state index contributed by atoms with van der Waals surface area (Å²) in [6.45, 7) is 7.78. The maximum atomic E-state index is 12.3. The lowest BCUT2D eigenvalue weighted by molar-refractivity contribution is -0.126. The second kappa shape index (κ2) is 6.63. The number of carbonyl (C=O) groups is 1. The van der Waals surface area contributed by atoms with E-state index in [0.717, 1.165) is 11.1 Å². The Morgan fingerprint density at radius 1 is 1.32 bits per heavy atom. The van der Waals surface area contributed by atoms with Gasteiger partial charge in [0.1, 0.15) is 0 Å². The molecule has 2 aromatic rings. The van der Waals surface area contributed by atoms with Crippen LogP contribution in [0.25, 0.3) is 0 Å². The van der Waals surface area contributed by atoms with Gasteiger partial charge in [0.15, 0.2) is 0 Å². The fourth-order valence-electron chi connectivity index (χ4n) is 2.66. The van der Waals surface area contributed by atoms with Gasteiger partial charge >= 0.3 is 0 Å². The van der Waals surface area contributed by atoms with E-state index in [4.69, 9.17) is 0 Å². The first kappa shape index (κ1) is 16.7. The van der Waals surface area contributed by atoms with E-state index in [0.29, 0.717) is 0 Å². The van der Waals surface area contributed by atoms with Crippen LogP contribution in [-0.4, -0.2) is 11.0 Å². The number of benzene rings is 1. The van der Waals surface area contributed by atoms with E-state index >= 15 is 0 Å². The molecule has 1 aromatic heterocycles. The first-order chi connectivity index (χ1) is 10.3. The molecule has 0 saturated heterocycles. The van der Waals surface area contributed by atoms with Crippen molar-refractivity contribution in [1.82, 2.24) is 5.32 Å². The summed E-state index contributed by atoms with van der Waals surface area (Å²) in [6, 6.07) is 11.4. The molecule has 0 aliphatic rings. The molecule has 0 aliphatic heterocycles. The summed E-state index contributed by atoms with van der Waals surface area (Å²) in [4.78, 5) is 14.7. The predicted molar refractivity (Wildman–Crippen MR) is 91.0 cm³/mol. The van der Waals surface area contributed by atoms with Gasteiger partial charge in [-0.2, -0.15) is 0 Å². The molecule has 2 N–H and O–H groups in total. The highest BCUT2D eigenvalue weighted by Gasteiger charge is 2.27. The summed E-state index contributed by atoms with van der Waals surface area (Å²) in [7, 11) is 0. The maximum absolute atomic E-state index is 12.3. The number of aliphatic hydroxyl groups is 1. The molecule has 1 aromatic carbocycles. The van der Waals surface area contributed by atoms with Gasteiger partial charge in [0.25, 0.3) is 0 Å². The molecule has 3 nitrogen and oxygen atoms in total. The fourth-order valence-corrected chi connectivity index (χ4v) is 3.68. The molecule has 1 amide bonds. The molecule has 0 saturated carbocycles. The second-order valence-electron chi connectivity index (χ2n) is 5.97. The molecular weight excluding hydrogens is 294 g/mol. The summed E-state index contributed by atoms with van der Waals surface area (Å²) >= 11 is 1.73. The summed E-state index contributed by atoms with van der Waals surface area (Å²) in [5.41, 5.74) is 0.737. The van der Waals surface area contributed by atoms with Crippen LogP contribution in [0.4, 0.5) is 0 Å². The Morgan fingerprint density at radius 2 is 1.95 bits per heavy atom. The molecule has 2 atom stereocenters. The highest BCUT2D eigenvalue weighted by Crippen LogP contribution is 2.27. The van der Waals surface area contributed by atoms with Crippen molar-refractivity contribution in [2.45, 2.75) is 45.8 Å². The number of hydrogen-bond donors (Lipinski definition) is 2. The Kier molecular flexibility index (Phi) is 5.04. The second-order valence-corrected chi connectivity index (χ2v) is 7.43. The van der Waals surface area contributed by atoms with Crippen molar-refractivity contribution in [3.8, 4) is 0 Å². The molecule has 0 spiro atoms. The van der Waals surface area contributed by atoms with Crippen molar-refractivity contribution >= 4 is 17.2 Å². The van der Waals surface area contributed by atoms with E-state index in [-0.39, 0.29) is 18.4 Å². The fraction of sp³-hybridized carbons (Fsp3) is 0.389.